The summed E-state index contributed by atoms with van der Waals surface area (Å²) in [7, 11) is -1.23. The highest BCUT2D eigenvalue weighted by atomic mass is 35.5. The number of hydrogen-bond donors (Lipinski definition) is 0. The van der Waals surface area contributed by atoms with Crippen molar-refractivity contribution in [3.8, 4) is 11.8 Å². The quantitative estimate of drug-likeness (QED) is 0.401. The lowest BCUT2D eigenvalue weighted by molar-refractivity contribution is -0.151. The Bertz CT molecular complexity index is 684. The number of benzene rings is 1. The second-order valence-corrected chi connectivity index (χ2v) is 13.6. The number of carbonyl (C=O) groups is 1. The minimum absolute atomic E-state index is 0.185. The fourth-order valence-corrected chi connectivity index (χ4v) is 2.62. The zero-order valence-corrected chi connectivity index (χ0v) is 17.5. The number of halogens is 2. The van der Waals surface area contributed by atoms with Crippen molar-refractivity contribution in [2.45, 2.75) is 52.1 Å². The van der Waals surface area contributed by atoms with Crippen LogP contribution in [-0.2, 0) is 14.3 Å². The van der Waals surface area contributed by atoms with E-state index in [4.69, 9.17) is 21.1 Å². The summed E-state index contributed by atoms with van der Waals surface area (Å²) in [5, 5.41) is 0.361. The van der Waals surface area contributed by atoms with E-state index in [1.165, 1.54) is 6.07 Å². The first kappa shape index (κ1) is 21.7. The topological polar surface area (TPSA) is 35.5 Å². The van der Waals surface area contributed by atoms with Crippen molar-refractivity contribution in [2.24, 2.45) is 0 Å². The lowest BCUT2D eigenvalue weighted by Crippen LogP contribution is -2.28. The van der Waals surface area contributed by atoms with E-state index in [0.29, 0.717) is 17.2 Å². The monoisotopic (exact) mass is 384 g/mol. The van der Waals surface area contributed by atoms with Crippen molar-refractivity contribution in [2.75, 3.05) is 13.2 Å². The molecule has 138 valence electrons. The van der Waals surface area contributed by atoms with Crippen molar-refractivity contribution in [3.05, 3.63) is 34.1 Å². The Balaban J connectivity index is 2.60. The summed E-state index contributed by atoms with van der Waals surface area (Å²) >= 11 is 5.87. The number of hydrogen-bond acceptors (Lipinski definition) is 3. The number of ether oxygens (including phenoxy) is 2. The van der Waals surface area contributed by atoms with Crippen molar-refractivity contribution in [1.82, 2.24) is 0 Å². The molecule has 0 radical (unpaired) electrons. The zero-order valence-electron chi connectivity index (χ0n) is 15.8. The molecule has 0 saturated heterocycles. The van der Waals surface area contributed by atoms with Gasteiger partial charge in [-0.25, -0.2) is 9.18 Å². The molecule has 0 heterocycles. The molecule has 0 aliphatic rings. The average molecular weight is 385 g/mol. The van der Waals surface area contributed by atoms with E-state index in [9.17, 15) is 9.18 Å². The predicted molar refractivity (Wildman–Crippen MR) is 102 cm³/mol. The first-order valence-electron chi connectivity index (χ1n) is 8.19. The van der Waals surface area contributed by atoms with Gasteiger partial charge in [-0.3, -0.25) is 0 Å². The van der Waals surface area contributed by atoms with Crippen LogP contribution in [0.2, 0.25) is 30.7 Å². The normalized spacial score (nSPS) is 11.7. The first-order chi connectivity index (χ1) is 11.4. The van der Waals surface area contributed by atoms with Crippen LogP contribution in [0, 0.1) is 24.6 Å². The van der Waals surface area contributed by atoms with Crippen LogP contribution < -0.4 is 0 Å². The Morgan fingerprint density at radius 1 is 1.32 bits per heavy atom. The fourth-order valence-electron chi connectivity index (χ4n) is 1.76. The van der Waals surface area contributed by atoms with Gasteiger partial charge in [-0.1, -0.05) is 43.1 Å². The molecule has 0 atom stereocenters. The van der Waals surface area contributed by atoms with Crippen LogP contribution in [0.25, 0.3) is 0 Å². The zero-order chi connectivity index (χ0) is 19.3. The molecule has 0 saturated carbocycles. The maximum atomic E-state index is 14.1. The molecule has 6 heteroatoms. The summed E-state index contributed by atoms with van der Waals surface area (Å²) in [4.78, 5) is 11.7. The molecule has 1 aromatic rings. The van der Waals surface area contributed by atoms with Gasteiger partial charge in [0.05, 0.1) is 12.2 Å². The first-order valence-corrected chi connectivity index (χ1v) is 12.3. The molecular weight excluding hydrogens is 359 g/mol. The highest BCUT2D eigenvalue weighted by molar-refractivity contribution is 6.76. The van der Waals surface area contributed by atoms with Gasteiger partial charge < -0.3 is 9.47 Å². The van der Waals surface area contributed by atoms with Crippen LogP contribution in [0.3, 0.4) is 0 Å². The molecule has 0 bridgehead atoms. The summed E-state index contributed by atoms with van der Waals surface area (Å²) in [6.07, 6.45) is 0. The maximum Gasteiger partial charge on any atom is 0.332 e. The van der Waals surface area contributed by atoms with Gasteiger partial charge in [0.15, 0.2) is 0 Å². The van der Waals surface area contributed by atoms with Gasteiger partial charge in [0.25, 0.3) is 0 Å². The third-order valence-corrected chi connectivity index (χ3v) is 5.60. The van der Waals surface area contributed by atoms with Gasteiger partial charge in [-0.15, -0.1) is 0 Å². The number of esters is 1. The molecule has 0 N–H and O–H groups in total. The highest BCUT2D eigenvalue weighted by Crippen LogP contribution is 2.21. The van der Waals surface area contributed by atoms with E-state index in [-0.39, 0.29) is 12.2 Å². The van der Waals surface area contributed by atoms with Gasteiger partial charge >= 0.3 is 5.97 Å². The largest absolute Gasteiger partial charge is 0.464 e. The maximum absolute atomic E-state index is 14.1. The van der Waals surface area contributed by atoms with Crippen LogP contribution in [0.4, 0.5) is 4.39 Å². The highest BCUT2D eigenvalue weighted by Gasteiger charge is 2.19. The van der Waals surface area contributed by atoms with Crippen molar-refractivity contribution >= 4 is 25.6 Å². The third-order valence-electron chi connectivity index (χ3n) is 3.48. The van der Waals surface area contributed by atoms with Crippen LogP contribution in [-0.4, -0.2) is 32.9 Å². The molecule has 0 aromatic heterocycles. The van der Waals surface area contributed by atoms with Crippen LogP contribution >= 0.6 is 11.6 Å². The van der Waals surface area contributed by atoms with Crippen molar-refractivity contribution < 1.29 is 18.7 Å². The summed E-state index contributed by atoms with van der Waals surface area (Å²) < 4.78 is 24.8. The van der Waals surface area contributed by atoms with Gasteiger partial charge in [0.2, 0.25) is 0 Å². The van der Waals surface area contributed by atoms with Gasteiger partial charge in [-0.2, -0.15) is 0 Å². The van der Waals surface area contributed by atoms with E-state index in [0.717, 1.165) is 6.04 Å². The summed E-state index contributed by atoms with van der Waals surface area (Å²) in [6.45, 7) is 11.9. The number of rotatable bonds is 6. The van der Waals surface area contributed by atoms with E-state index in [1.54, 1.807) is 26.8 Å². The van der Waals surface area contributed by atoms with E-state index < -0.39 is 25.5 Å². The van der Waals surface area contributed by atoms with Crippen LogP contribution in [0.15, 0.2) is 12.1 Å². The molecule has 0 aliphatic carbocycles. The Morgan fingerprint density at radius 2 is 1.96 bits per heavy atom. The molecule has 0 aliphatic heterocycles. The Labute approximate surface area is 155 Å². The smallest absolute Gasteiger partial charge is 0.332 e. The molecule has 1 rings (SSSR count). The van der Waals surface area contributed by atoms with Crippen molar-refractivity contribution in [1.29, 1.82) is 0 Å². The Hall–Kier alpha value is -1.35. The standard InChI is InChI=1S/C19H26ClFO3Si/c1-14-16(20)8-7-15(18(14)21)9-10-19(2,3)24-13-17(22)23-11-12-25(4,5)6/h7-8H,11-13H2,1-6H3. The summed E-state index contributed by atoms with van der Waals surface area (Å²) in [5.74, 6) is 4.74. The lowest BCUT2D eigenvalue weighted by Gasteiger charge is -2.19. The van der Waals surface area contributed by atoms with Gasteiger partial charge in [0.1, 0.15) is 18.0 Å². The minimum Gasteiger partial charge on any atom is -0.464 e. The Morgan fingerprint density at radius 3 is 2.56 bits per heavy atom. The second kappa shape index (κ2) is 8.84. The average Bonchev–Trinajstić information content (AvgIpc) is 2.49. The molecule has 0 unspecified atom stereocenters. The molecule has 0 amide bonds. The van der Waals surface area contributed by atoms with E-state index in [2.05, 4.69) is 31.5 Å². The van der Waals surface area contributed by atoms with Gasteiger partial charge in [-0.05, 0) is 38.9 Å². The van der Waals surface area contributed by atoms with Gasteiger partial charge in [0, 0.05) is 18.7 Å². The number of carbonyl (C=O) groups excluding carboxylic acids is 1. The summed E-state index contributed by atoms with van der Waals surface area (Å²) in [5.41, 5.74) is -0.299. The SMILES string of the molecule is Cc1c(Cl)ccc(C#CC(C)(C)OCC(=O)OCC[Si](C)(C)C)c1F. The fraction of sp³-hybridized carbons (Fsp3) is 0.526. The second-order valence-electron chi connectivity index (χ2n) is 7.61. The molecular formula is C19H26ClFO3Si. The third kappa shape index (κ3) is 8.04. The molecule has 1 aromatic carbocycles. The summed E-state index contributed by atoms with van der Waals surface area (Å²) in [6, 6.07) is 4.04. The van der Waals surface area contributed by atoms with Crippen LogP contribution in [0.1, 0.15) is 25.0 Å². The molecule has 3 nitrogen and oxygen atoms in total. The van der Waals surface area contributed by atoms with Crippen molar-refractivity contribution in [3.63, 3.8) is 0 Å². The van der Waals surface area contributed by atoms with E-state index >= 15 is 0 Å². The lowest BCUT2D eigenvalue weighted by atomic mass is 10.1. The predicted octanol–water partition coefficient (Wildman–Crippen LogP) is 4.82. The van der Waals surface area contributed by atoms with Crippen LogP contribution in [0.5, 0.6) is 0 Å². The molecule has 0 spiro atoms. The molecule has 25 heavy (non-hydrogen) atoms. The minimum atomic E-state index is -1.23. The van der Waals surface area contributed by atoms with E-state index in [1.807, 2.05) is 0 Å². The Kier molecular flexibility index (Phi) is 7.67. The molecule has 0 fully saturated rings.